The number of benzene rings is 3. The number of methoxy groups -OCH3 is 1. The van der Waals surface area contributed by atoms with Gasteiger partial charge < -0.3 is 15.0 Å². The molecule has 1 aliphatic carbocycles. The molecule has 1 N–H and O–H groups in total. The van der Waals surface area contributed by atoms with Crippen LogP contribution in [0.3, 0.4) is 0 Å². The van der Waals surface area contributed by atoms with Crippen molar-refractivity contribution in [1.29, 1.82) is 0 Å². The number of ether oxygens (including phenoxy) is 1. The van der Waals surface area contributed by atoms with E-state index in [0.717, 1.165) is 41.1 Å². The van der Waals surface area contributed by atoms with Gasteiger partial charge in [-0.2, -0.15) is 0 Å². The van der Waals surface area contributed by atoms with Gasteiger partial charge in [0.1, 0.15) is 18.3 Å². The van der Waals surface area contributed by atoms with Crippen LogP contribution >= 0.6 is 0 Å². The van der Waals surface area contributed by atoms with E-state index in [2.05, 4.69) is 5.32 Å². The van der Waals surface area contributed by atoms with Crippen LogP contribution in [0.5, 0.6) is 5.75 Å². The molecule has 0 radical (unpaired) electrons. The number of nitrogens with one attached hydrogen (secondary N) is 1. The topological polar surface area (TPSA) is 96.0 Å². The van der Waals surface area contributed by atoms with Gasteiger partial charge in [-0.25, -0.2) is 8.42 Å². The van der Waals surface area contributed by atoms with Crippen molar-refractivity contribution >= 4 is 27.5 Å². The number of carbonyl (C=O) groups is 2. The van der Waals surface area contributed by atoms with Crippen LogP contribution in [0.25, 0.3) is 0 Å². The predicted molar refractivity (Wildman–Crippen MR) is 156 cm³/mol. The molecule has 3 aromatic carbocycles. The number of nitrogens with zero attached hydrogens (tertiary/aromatic N) is 2. The van der Waals surface area contributed by atoms with Crippen molar-refractivity contribution in [1.82, 2.24) is 10.2 Å². The smallest absolute Gasteiger partial charge is 0.264 e. The lowest BCUT2D eigenvalue weighted by molar-refractivity contribution is -0.139. The minimum Gasteiger partial charge on any atom is -0.497 e. The molecule has 0 heterocycles. The van der Waals surface area contributed by atoms with Gasteiger partial charge in [-0.05, 0) is 56.5 Å². The van der Waals surface area contributed by atoms with Gasteiger partial charge in [-0.1, -0.05) is 66.9 Å². The third-order valence-corrected chi connectivity index (χ3v) is 9.08. The SMILES string of the molecule is COc1cccc(N(CC(=O)N(Cc2ccc(C)cc2)[C@H](C)C(=O)NC2CCCC2)S(=O)(=O)c2ccccc2)c1. The summed E-state index contributed by atoms with van der Waals surface area (Å²) in [6.07, 6.45) is 3.98. The van der Waals surface area contributed by atoms with Crippen molar-refractivity contribution in [3.63, 3.8) is 0 Å². The second kappa shape index (κ2) is 13.0. The number of rotatable bonds is 11. The van der Waals surface area contributed by atoms with Crippen molar-refractivity contribution in [2.24, 2.45) is 0 Å². The third-order valence-electron chi connectivity index (χ3n) is 7.29. The van der Waals surface area contributed by atoms with Gasteiger partial charge in [0.25, 0.3) is 10.0 Å². The normalized spacial score (nSPS) is 14.4. The number of hydrogen-bond acceptors (Lipinski definition) is 5. The standard InChI is InChI=1S/C31H37N3O5S/c1-23-16-18-25(19-17-23)21-33(24(2)31(36)32-26-10-7-8-11-26)30(35)22-34(27-12-9-13-28(20-27)39-3)40(37,38)29-14-5-4-6-15-29/h4-6,9,12-20,24,26H,7-8,10-11,21-22H2,1-3H3,(H,32,36)/t24-/m1/s1. The Hall–Kier alpha value is -3.85. The van der Waals surface area contributed by atoms with Gasteiger partial charge in [0.15, 0.2) is 0 Å². The number of carbonyl (C=O) groups excluding carboxylic acids is 2. The highest BCUT2D eigenvalue weighted by Crippen LogP contribution is 2.27. The molecular weight excluding hydrogens is 526 g/mol. The minimum absolute atomic E-state index is 0.0581. The van der Waals surface area contributed by atoms with Gasteiger partial charge in [0, 0.05) is 18.7 Å². The number of amides is 2. The first-order chi connectivity index (χ1) is 19.2. The van der Waals surface area contributed by atoms with Crippen LogP contribution in [0.15, 0.2) is 83.8 Å². The maximum absolute atomic E-state index is 14.0. The van der Waals surface area contributed by atoms with Crippen LogP contribution in [0.2, 0.25) is 0 Å². The van der Waals surface area contributed by atoms with Gasteiger partial charge in [-0.15, -0.1) is 0 Å². The van der Waals surface area contributed by atoms with E-state index >= 15 is 0 Å². The Morgan fingerprint density at radius 3 is 2.30 bits per heavy atom. The zero-order valence-electron chi connectivity index (χ0n) is 23.2. The second-order valence-electron chi connectivity index (χ2n) is 10.2. The zero-order chi connectivity index (χ0) is 28.7. The van der Waals surface area contributed by atoms with Gasteiger partial charge in [-0.3, -0.25) is 13.9 Å². The van der Waals surface area contributed by atoms with Crippen molar-refractivity contribution in [3.8, 4) is 5.75 Å². The van der Waals surface area contributed by atoms with Crippen molar-refractivity contribution < 1.29 is 22.7 Å². The number of anilines is 1. The summed E-state index contributed by atoms with van der Waals surface area (Å²) in [5, 5.41) is 3.08. The highest BCUT2D eigenvalue weighted by Gasteiger charge is 2.33. The molecule has 9 heteroatoms. The fourth-order valence-electron chi connectivity index (χ4n) is 4.88. The first-order valence-electron chi connectivity index (χ1n) is 13.6. The van der Waals surface area contributed by atoms with Crippen LogP contribution in [-0.2, 0) is 26.2 Å². The molecular formula is C31H37N3O5S. The molecule has 0 bridgehead atoms. The van der Waals surface area contributed by atoms with Gasteiger partial charge in [0.05, 0.1) is 17.7 Å². The van der Waals surface area contributed by atoms with E-state index in [1.54, 1.807) is 49.4 Å². The summed E-state index contributed by atoms with van der Waals surface area (Å²) in [5.41, 5.74) is 2.21. The molecule has 1 atom stereocenters. The molecule has 8 nitrogen and oxygen atoms in total. The Kier molecular flexibility index (Phi) is 9.47. The van der Waals surface area contributed by atoms with E-state index in [4.69, 9.17) is 4.74 Å². The van der Waals surface area contributed by atoms with Crippen molar-refractivity contribution in [2.75, 3.05) is 18.0 Å². The summed E-state index contributed by atoms with van der Waals surface area (Å²) < 4.78 is 34.1. The fourth-order valence-corrected chi connectivity index (χ4v) is 6.31. The van der Waals surface area contributed by atoms with Gasteiger partial charge in [0.2, 0.25) is 11.8 Å². The lowest BCUT2D eigenvalue weighted by atomic mass is 10.1. The molecule has 40 heavy (non-hydrogen) atoms. The summed E-state index contributed by atoms with van der Waals surface area (Å²) in [6, 6.07) is 21.6. The van der Waals surface area contributed by atoms with E-state index in [1.807, 2.05) is 31.2 Å². The lowest BCUT2D eigenvalue weighted by Crippen LogP contribution is -2.52. The highest BCUT2D eigenvalue weighted by atomic mass is 32.2. The van der Waals surface area contributed by atoms with Crippen LogP contribution in [0, 0.1) is 6.92 Å². The largest absolute Gasteiger partial charge is 0.497 e. The quantitative estimate of drug-likeness (QED) is 0.366. The molecule has 1 fully saturated rings. The molecule has 3 aromatic rings. The summed E-state index contributed by atoms with van der Waals surface area (Å²) in [5.74, 6) is -0.276. The summed E-state index contributed by atoms with van der Waals surface area (Å²) in [6.45, 7) is 3.34. The van der Waals surface area contributed by atoms with Crippen LogP contribution in [0.4, 0.5) is 5.69 Å². The van der Waals surface area contributed by atoms with Crippen LogP contribution < -0.4 is 14.4 Å². The molecule has 4 rings (SSSR count). The maximum Gasteiger partial charge on any atom is 0.264 e. The molecule has 212 valence electrons. The molecule has 0 spiro atoms. The van der Waals surface area contributed by atoms with Crippen LogP contribution in [-0.4, -0.2) is 50.9 Å². The molecule has 1 saturated carbocycles. The average molecular weight is 564 g/mol. The number of sulfonamides is 1. The summed E-state index contributed by atoms with van der Waals surface area (Å²) >= 11 is 0. The van der Waals surface area contributed by atoms with E-state index < -0.39 is 28.5 Å². The molecule has 0 saturated heterocycles. The van der Waals surface area contributed by atoms with Crippen molar-refractivity contribution in [3.05, 3.63) is 90.0 Å². The first kappa shape index (κ1) is 29.1. The van der Waals surface area contributed by atoms with Crippen molar-refractivity contribution in [2.45, 2.75) is 63.1 Å². The molecule has 0 unspecified atom stereocenters. The first-order valence-corrected chi connectivity index (χ1v) is 15.0. The summed E-state index contributed by atoms with van der Waals surface area (Å²) in [4.78, 5) is 28.8. The Bertz CT molecular complexity index is 1400. The average Bonchev–Trinajstić information content (AvgIpc) is 3.48. The fraction of sp³-hybridized carbons (Fsp3) is 0.355. The van der Waals surface area contributed by atoms with Gasteiger partial charge >= 0.3 is 0 Å². The monoisotopic (exact) mass is 563 g/mol. The lowest BCUT2D eigenvalue weighted by Gasteiger charge is -2.32. The van der Waals surface area contributed by atoms with Crippen LogP contribution in [0.1, 0.15) is 43.7 Å². The minimum atomic E-state index is -4.12. The second-order valence-corrected chi connectivity index (χ2v) is 12.1. The molecule has 2 amide bonds. The molecule has 1 aliphatic rings. The Morgan fingerprint density at radius 2 is 1.65 bits per heavy atom. The van der Waals surface area contributed by atoms with E-state index in [1.165, 1.54) is 24.1 Å². The Labute approximate surface area is 237 Å². The van der Waals surface area contributed by atoms with E-state index in [9.17, 15) is 18.0 Å². The highest BCUT2D eigenvalue weighted by molar-refractivity contribution is 7.92. The summed E-state index contributed by atoms with van der Waals surface area (Å²) in [7, 11) is -2.63. The molecule has 0 aliphatic heterocycles. The predicted octanol–water partition coefficient (Wildman–Crippen LogP) is 4.68. The maximum atomic E-state index is 14.0. The molecule has 0 aromatic heterocycles. The zero-order valence-corrected chi connectivity index (χ0v) is 24.1. The third kappa shape index (κ3) is 7.01. The van der Waals surface area contributed by atoms with E-state index in [-0.39, 0.29) is 29.1 Å². The Balaban J connectivity index is 1.68. The number of hydrogen-bond donors (Lipinski definition) is 1. The van der Waals surface area contributed by atoms with E-state index in [0.29, 0.717) is 5.75 Å². The number of aryl methyl sites for hydroxylation is 1. The Morgan fingerprint density at radius 1 is 0.975 bits per heavy atom.